The highest BCUT2D eigenvalue weighted by molar-refractivity contribution is 9.10. The van der Waals surface area contributed by atoms with E-state index in [1.54, 1.807) is 6.07 Å². The predicted molar refractivity (Wildman–Crippen MR) is 90.4 cm³/mol. The van der Waals surface area contributed by atoms with E-state index >= 15 is 0 Å². The van der Waals surface area contributed by atoms with Gasteiger partial charge in [-0.05, 0) is 35.7 Å². The lowest BCUT2D eigenvalue weighted by Gasteiger charge is -2.28. The lowest BCUT2D eigenvalue weighted by atomic mass is 10.0. The van der Waals surface area contributed by atoms with Gasteiger partial charge in [-0.2, -0.15) is 0 Å². The molecule has 0 spiro atoms. The molecule has 22 heavy (non-hydrogen) atoms. The summed E-state index contributed by atoms with van der Waals surface area (Å²) >= 11 is 3.36. The summed E-state index contributed by atoms with van der Waals surface area (Å²) in [6, 6.07) is 14.1. The molecule has 4 heteroatoms. The van der Waals surface area contributed by atoms with Gasteiger partial charge in [-0.1, -0.05) is 40.2 Å². The minimum Gasteiger partial charge on any atom is -0.492 e. The lowest BCUT2D eigenvalue weighted by Crippen LogP contribution is -2.33. The Balaban J connectivity index is 1.55. The number of benzene rings is 2. The fraction of sp³-hybridized carbons (Fsp3) is 0.278. The molecule has 114 valence electrons. The lowest BCUT2D eigenvalue weighted by molar-refractivity contribution is 0.111. The van der Waals surface area contributed by atoms with Crippen LogP contribution in [-0.2, 0) is 13.0 Å². The zero-order valence-electron chi connectivity index (χ0n) is 12.3. The first-order valence-corrected chi connectivity index (χ1v) is 8.22. The summed E-state index contributed by atoms with van der Waals surface area (Å²) < 4.78 is 6.66. The van der Waals surface area contributed by atoms with Crippen molar-refractivity contribution >= 4 is 22.2 Å². The van der Waals surface area contributed by atoms with Gasteiger partial charge in [0, 0.05) is 24.1 Å². The van der Waals surface area contributed by atoms with Crippen LogP contribution in [0.1, 0.15) is 21.5 Å². The van der Waals surface area contributed by atoms with Crippen molar-refractivity contribution in [1.29, 1.82) is 0 Å². The predicted octanol–water partition coefficient (Wildman–Crippen LogP) is 3.70. The van der Waals surface area contributed by atoms with Crippen LogP contribution in [0.25, 0.3) is 0 Å². The number of carbonyl (C=O) groups excluding carboxylic acids is 1. The zero-order chi connectivity index (χ0) is 15.4. The molecule has 0 atom stereocenters. The quantitative estimate of drug-likeness (QED) is 0.762. The van der Waals surface area contributed by atoms with E-state index < -0.39 is 0 Å². The van der Waals surface area contributed by atoms with Crippen LogP contribution in [-0.4, -0.2) is 30.9 Å². The van der Waals surface area contributed by atoms with Crippen molar-refractivity contribution in [2.24, 2.45) is 0 Å². The molecule has 3 nitrogen and oxygen atoms in total. The van der Waals surface area contributed by atoms with Crippen molar-refractivity contribution in [3.8, 4) is 5.75 Å². The van der Waals surface area contributed by atoms with Gasteiger partial charge in [-0.25, -0.2) is 0 Å². The number of carbonyl (C=O) groups is 1. The highest BCUT2D eigenvalue weighted by Gasteiger charge is 2.15. The van der Waals surface area contributed by atoms with Crippen LogP contribution in [0.4, 0.5) is 0 Å². The third kappa shape index (κ3) is 3.57. The summed E-state index contributed by atoms with van der Waals surface area (Å²) in [6.45, 7) is 3.48. The number of hydrogen-bond donors (Lipinski definition) is 0. The molecule has 1 aliphatic heterocycles. The van der Waals surface area contributed by atoms with Crippen LogP contribution in [0, 0.1) is 0 Å². The molecule has 0 aliphatic carbocycles. The average molecular weight is 360 g/mol. The molecule has 3 rings (SSSR count). The van der Waals surface area contributed by atoms with Gasteiger partial charge < -0.3 is 4.74 Å². The van der Waals surface area contributed by atoms with Crippen LogP contribution in [0.15, 0.2) is 46.9 Å². The Labute approximate surface area is 139 Å². The van der Waals surface area contributed by atoms with Gasteiger partial charge >= 0.3 is 0 Å². The van der Waals surface area contributed by atoms with Gasteiger partial charge in [0.05, 0.1) is 5.56 Å². The van der Waals surface area contributed by atoms with E-state index in [0.717, 1.165) is 36.8 Å². The maximum Gasteiger partial charge on any atom is 0.153 e. The van der Waals surface area contributed by atoms with Gasteiger partial charge in [-0.15, -0.1) is 0 Å². The number of aldehydes is 1. The Kier molecular flexibility index (Phi) is 4.90. The highest BCUT2D eigenvalue weighted by Crippen LogP contribution is 2.22. The van der Waals surface area contributed by atoms with E-state index in [0.29, 0.717) is 17.9 Å². The second-order valence-corrected chi connectivity index (χ2v) is 6.36. The van der Waals surface area contributed by atoms with Crippen molar-refractivity contribution < 1.29 is 9.53 Å². The molecule has 2 aromatic rings. The van der Waals surface area contributed by atoms with Gasteiger partial charge in [0.1, 0.15) is 12.4 Å². The van der Waals surface area contributed by atoms with Gasteiger partial charge in [0.2, 0.25) is 0 Å². The van der Waals surface area contributed by atoms with E-state index in [1.165, 1.54) is 11.1 Å². The number of ether oxygens (including phenoxy) is 1. The first kappa shape index (κ1) is 15.3. The zero-order valence-corrected chi connectivity index (χ0v) is 13.9. The monoisotopic (exact) mass is 359 g/mol. The summed E-state index contributed by atoms with van der Waals surface area (Å²) in [5.74, 6) is 0.649. The molecule has 0 saturated heterocycles. The molecule has 1 aliphatic rings. The second-order valence-electron chi connectivity index (χ2n) is 5.44. The van der Waals surface area contributed by atoms with Crippen LogP contribution < -0.4 is 4.74 Å². The SMILES string of the molecule is O=Cc1cc(Br)ccc1OCCN1CCc2ccccc2C1. The maximum absolute atomic E-state index is 11.1. The average Bonchev–Trinajstić information content (AvgIpc) is 2.56. The van der Waals surface area contributed by atoms with Crippen LogP contribution in [0.3, 0.4) is 0 Å². The van der Waals surface area contributed by atoms with Crippen molar-refractivity contribution in [2.75, 3.05) is 19.7 Å². The molecule has 0 amide bonds. The molecule has 0 aromatic heterocycles. The molecule has 0 unspecified atom stereocenters. The van der Waals surface area contributed by atoms with E-state index in [2.05, 4.69) is 45.1 Å². The first-order valence-electron chi connectivity index (χ1n) is 7.43. The summed E-state index contributed by atoms with van der Waals surface area (Å²) in [4.78, 5) is 13.5. The summed E-state index contributed by atoms with van der Waals surface area (Å²) in [5.41, 5.74) is 3.44. The van der Waals surface area contributed by atoms with Crippen molar-refractivity contribution in [1.82, 2.24) is 4.90 Å². The number of fused-ring (bicyclic) bond motifs is 1. The van der Waals surface area contributed by atoms with Crippen molar-refractivity contribution in [2.45, 2.75) is 13.0 Å². The Hall–Kier alpha value is -1.65. The molecule has 1 heterocycles. The van der Waals surface area contributed by atoms with E-state index in [-0.39, 0.29) is 0 Å². The minimum atomic E-state index is 0.582. The molecular weight excluding hydrogens is 342 g/mol. The Bertz CT molecular complexity index is 672. The minimum absolute atomic E-state index is 0.582. The van der Waals surface area contributed by atoms with E-state index in [4.69, 9.17) is 4.74 Å². The second kappa shape index (κ2) is 7.07. The van der Waals surface area contributed by atoms with E-state index in [1.807, 2.05) is 12.1 Å². The Morgan fingerprint density at radius 1 is 1.18 bits per heavy atom. The number of halogens is 1. The molecule has 0 radical (unpaired) electrons. The summed E-state index contributed by atoms with van der Waals surface area (Å²) in [7, 11) is 0. The van der Waals surface area contributed by atoms with Gasteiger partial charge in [-0.3, -0.25) is 9.69 Å². The normalized spacial score (nSPS) is 14.4. The fourth-order valence-electron chi connectivity index (χ4n) is 2.77. The van der Waals surface area contributed by atoms with Gasteiger partial charge in [0.25, 0.3) is 0 Å². The topological polar surface area (TPSA) is 29.5 Å². The fourth-order valence-corrected chi connectivity index (χ4v) is 3.15. The third-order valence-electron chi connectivity index (χ3n) is 3.97. The number of nitrogens with zero attached hydrogens (tertiary/aromatic N) is 1. The van der Waals surface area contributed by atoms with Crippen LogP contribution in [0.5, 0.6) is 5.75 Å². The standard InChI is InChI=1S/C18H18BrNO2/c19-17-5-6-18(16(11-17)13-21)22-10-9-20-8-7-14-3-1-2-4-15(14)12-20/h1-6,11,13H,7-10,12H2. The third-order valence-corrected chi connectivity index (χ3v) is 4.47. The molecule has 0 N–H and O–H groups in total. The largest absolute Gasteiger partial charge is 0.492 e. The van der Waals surface area contributed by atoms with Gasteiger partial charge in [0.15, 0.2) is 6.29 Å². The van der Waals surface area contributed by atoms with Crippen molar-refractivity contribution in [3.05, 3.63) is 63.6 Å². The molecule has 0 fully saturated rings. The number of hydrogen-bond acceptors (Lipinski definition) is 3. The van der Waals surface area contributed by atoms with E-state index in [9.17, 15) is 4.79 Å². The maximum atomic E-state index is 11.1. The Morgan fingerprint density at radius 2 is 2.00 bits per heavy atom. The summed E-state index contributed by atoms with van der Waals surface area (Å²) in [6.07, 6.45) is 1.92. The Morgan fingerprint density at radius 3 is 2.82 bits per heavy atom. The molecule has 2 aromatic carbocycles. The smallest absolute Gasteiger partial charge is 0.153 e. The number of rotatable bonds is 5. The van der Waals surface area contributed by atoms with Crippen molar-refractivity contribution in [3.63, 3.8) is 0 Å². The summed E-state index contributed by atoms with van der Waals surface area (Å²) in [5, 5.41) is 0. The van der Waals surface area contributed by atoms with Crippen LogP contribution >= 0.6 is 15.9 Å². The molecule has 0 saturated carbocycles. The van der Waals surface area contributed by atoms with Crippen LogP contribution in [0.2, 0.25) is 0 Å². The molecular formula is C18H18BrNO2. The molecule has 0 bridgehead atoms. The highest BCUT2D eigenvalue weighted by atomic mass is 79.9. The first-order chi connectivity index (χ1) is 10.8.